The maximum atomic E-state index is 2.37. The highest BCUT2D eigenvalue weighted by Gasteiger charge is 2.05. The van der Waals surface area contributed by atoms with Crippen molar-refractivity contribution >= 4 is 24.2 Å². The highest BCUT2D eigenvalue weighted by Crippen LogP contribution is 2.24. The highest BCUT2D eigenvalue weighted by atomic mass is 127. The molecule has 0 spiro atoms. The summed E-state index contributed by atoms with van der Waals surface area (Å²) in [6.45, 7) is 6.88. The van der Waals surface area contributed by atoms with Crippen LogP contribution in [0.15, 0.2) is 11.6 Å². The molecule has 1 atom stereocenters. The molecule has 9 heavy (non-hydrogen) atoms. The lowest BCUT2D eigenvalue weighted by atomic mass is 10.1. The molecule has 0 aromatic rings. The van der Waals surface area contributed by atoms with Gasteiger partial charge in [-0.25, -0.2) is 0 Å². The number of alkyl halides is 1. The van der Waals surface area contributed by atoms with Gasteiger partial charge in [-0.1, -0.05) is 18.6 Å². The van der Waals surface area contributed by atoms with Gasteiger partial charge in [0.1, 0.15) is 0 Å². The van der Waals surface area contributed by atoms with Crippen LogP contribution in [0.3, 0.4) is 0 Å². The Kier molecular flexibility index (Phi) is 2.44. The van der Waals surface area contributed by atoms with Crippen molar-refractivity contribution in [3.05, 3.63) is 11.6 Å². The van der Waals surface area contributed by atoms with Gasteiger partial charge in [-0.2, -0.15) is 0 Å². The van der Waals surface area contributed by atoms with E-state index in [1.165, 1.54) is 6.42 Å². The van der Waals surface area contributed by atoms with Gasteiger partial charge in [0.15, 0.2) is 0 Å². The van der Waals surface area contributed by atoms with E-state index in [1.54, 1.807) is 9.08 Å². The van der Waals surface area contributed by atoms with E-state index < -0.39 is 0 Å². The fourth-order valence-corrected chi connectivity index (χ4v) is 4.51. The predicted molar refractivity (Wildman–Crippen MR) is 52.5 cm³/mol. The molecule has 1 aliphatic heterocycles. The van der Waals surface area contributed by atoms with Gasteiger partial charge in [-0.3, -0.25) is 0 Å². The summed E-state index contributed by atoms with van der Waals surface area (Å²) in [5.74, 6) is 0. The van der Waals surface area contributed by atoms with Crippen LogP contribution in [0.25, 0.3) is 0 Å². The summed E-state index contributed by atoms with van der Waals surface area (Å²) in [6, 6.07) is 0. The Morgan fingerprint density at radius 1 is 1.56 bits per heavy atom. The number of allylic oxidation sites excluding steroid dienone is 2. The predicted octanol–water partition coefficient (Wildman–Crippen LogP) is 2.89. The van der Waals surface area contributed by atoms with E-state index in [4.69, 9.17) is 0 Å². The number of hydrogen-bond acceptors (Lipinski definition) is 0. The Hall–Kier alpha value is 0.340. The minimum atomic E-state index is 0.402. The average molecular weight is 236 g/mol. The monoisotopic (exact) mass is 236 g/mol. The third-order valence-corrected chi connectivity index (χ3v) is 4.20. The zero-order valence-corrected chi connectivity index (χ0v) is 8.40. The summed E-state index contributed by atoms with van der Waals surface area (Å²) in [6.07, 6.45) is 3.72. The van der Waals surface area contributed by atoms with Crippen LogP contribution in [0, 0.1) is 0 Å². The van der Waals surface area contributed by atoms with Crippen molar-refractivity contribution < 1.29 is 0 Å². The van der Waals surface area contributed by atoms with E-state index >= 15 is 0 Å². The minimum absolute atomic E-state index is 0.402. The molecule has 0 bridgehead atoms. The highest BCUT2D eigenvalue weighted by molar-refractivity contribution is 14.2. The lowest BCUT2D eigenvalue weighted by Crippen LogP contribution is -2.00. The first-order chi connectivity index (χ1) is 4.18. The van der Waals surface area contributed by atoms with Crippen molar-refractivity contribution in [1.29, 1.82) is 0 Å². The van der Waals surface area contributed by atoms with Crippen LogP contribution in [0.2, 0.25) is 0 Å². The largest absolute Gasteiger partial charge is 0.116 e. The van der Waals surface area contributed by atoms with Gasteiger partial charge in [0.25, 0.3) is 0 Å². The molecule has 0 fully saturated rings. The molecule has 0 N–H and O–H groups in total. The molecule has 0 aromatic heterocycles. The molecule has 0 saturated heterocycles. The lowest BCUT2D eigenvalue weighted by molar-refractivity contribution is 0.956. The molecule has 0 nitrogen and oxygen atoms in total. The SMILES string of the molecule is CC1=CC(C)=IC(C)C1. The Morgan fingerprint density at radius 3 is 2.67 bits per heavy atom. The summed E-state index contributed by atoms with van der Waals surface area (Å²) >= 11 is 0.402. The first-order valence-electron chi connectivity index (χ1n) is 3.32. The van der Waals surface area contributed by atoms with Gasteiger partial charge in [0, 0.05) is 3.92 Å². The smallest absolute Gasteiger partial charge is 0.00732 e. The molecule has 0 amide bonds. The molecule has 0 saturated carbocycles. The van der Waals surface area contributed by atoms with Gasteiger partial charge in [-0.15, -0.1) is 20.7 Å². The summed E-state index contributed by atoms with van der Waals surface area (Å²) in [7, 11) is 0. The first kappa shape index (κ1) is 7.45. The van der Waals surface area contributed by atoms with Crippen molar-refractivity contribution in [2.75, 3.05) is 0 Å². The summed E-state index contributed by atoms with van der Waals surface area (Å²) in [5.41, 5.74) is 1.57. The maximum absolute atomic E-state index is 2.37. The average Bonchev–Trinajstić information content (AvgIpc) is 1.59. The Morgan fingerprint density at radius 2 is 2.22 bits per heavy atom. The van der Waals surface area contributed by atoms with Crippen molar-refractivity contribution in [3.63, 3.8) is 0 Å². The van der Waals surface area contributed by atoms with Crippen LogP contribution in [0.5, 0.6) is 0 Å². The second kappa shape index (κ2) is 2.95. The first-order valence-corrected chi connectivity index (χ1v) is 5.65. The lowest BCUT2D eigenvalue weighted by Gasteiger charge is -2.12. The molecule has 1 heteroatoms. The summed E-state index contributed by atoms with van der Waals surface area (Å²) in [5, 5.41) is 0. The molecule has 1 rings (SSSR count). The van der Waals surface area contributed by atoms with Gasteiger partial charge >= 0.3 is 0 Å². The Bertz CT molecular complexity index is 165. The molecule has 0 aliphatic carbocycles. The summed E-state index contributed by atoms with van der Waals surface area (Å²) in [4.78, 5) is 0. The van der Waals surface area contributed by atoms with Crippen LogP contribution >= 0.6 is 20.7 Å². The Labute approximate surface area is 67.1 Å². The van der Waals surface area contributed by atoms with Crippen LogP contribution in [-0.4, -0.2) is 7.43 Å². The minimum Gasteiger partial charge on any atom is -0.116 e. The zero-order chi connectivity index (χ0) is 6.85. The van der Waals surface area contributed by atoms with Gasteiger partial charge < -0.3 is 0 Å². The normalized spacial score (nSPS) is 28.1. The van der Waals surface area contributed by atoms with E-state index in [1.807, 2.05) is 0 Å². The van der Waals surface area contributed by atoms with Crippen molar-refractivity contribution in [2.24, 2.45) is 0 Å². The molecule has 1 unspecified atom stereocenters. The van der Waals surface area contributed by atoms with Gasteiger partial charge in [0.2, 0.25) is 0 Å². The van der Waals surface area contributed by atoms with E-state index in [-0.39, 0.29) is 0 Å². The van der Waals surface area contributed by atoms with Crippen LogP contribution in [0.1, 0.15) is 27.2 Å². The van der Waals surface area contributed by atoms with E-state index in [0.717, 1.165) is 3.92 Å². The fraction of sp³-hybridized carbons (Fsp3) is 0.625. The van der Waals surface area contributed by atoms with E-state index in [9.17, 15) is 0 Å². The second-order valence-electron chi connectivity index (χ2n) is 2.67. The molecular formula is C8H13I. The van der Waals surface area contributed by atoms with E-state index in [2.05, 4.69) is 26.8 Å². The third kappa shape index (κ3) is 2.20. The number of halogens is 1. The molecule has 1 heterocycles. The van der Waals surface area contributed by atoms with Crippen molar-refractivity contribution in [1.82, 2.24) is 0 Å². The quantitative estimate of drug-likeness (QED) is 0.448. The van der Waals surface area contributed by atoms with Crippen LogP contribution in [-0.2, 0) is 0 Å². The molecule has 1 aliphatic rings. The number of hydrogen-bond donors (Lipinski definition) is 0. The van der Waals surface area contributed by atoms with Crippen molar-refractivity contribution in [2.45, 2.75) is 31.1 Å². The van der Waals surface area contributed by atoms with Gasteiger partial charge in [-0.05, 0) is 23.8 Å². The summed E-state index contributed by atoms with van der Waals surface area (Å²) < 4.78 is 2.65. The standard InChI is InChI=1S/C8H13I/c1-6-4-7(2)9-8(3)5-6/h4,8H,5H2,1-3H3. The van der Waals surface area contributed by atoms with Crippen LogP contribution in [0.4, 0.5) is 0 Å². The molecule has 52 valence electrons. The van der Waals surface area contributed by atoms with Crippen LogP contribution < -0.4 is 0 Å². The maximum Gasteiger partial charge on any atom is 0.00732 e. The molecule has 0 radical (unpaired) electrons. The molecular weight excluding hydrogens is 223 g/mol. The van der Waals surface area contributed by atoms with E-state index in [0.29, 0.717) is 20.7 Å². The molecule has 0 aromatic carbocycles. The topological polar surface area (TPSA) is 0 Å². The third-order valence-electron chi connectivity index (χ3n) is 1.41. The van der Waals surface area contributed by atoms with Crippen molar-refractivity contribution in [3.8, 4) is 0 Å². The number of rotatable bonds is 0. The Balaban J connectivity index is 2.74. The zero-order valence-electron chi connectivity index (χ0n) is 6.24. The second-order valence-corrected chi connectivity index (χ2v) is 7.12. The fourth-order valence-electron chi connectivity index (χ4n) is 1.21. The van der Waals surface area contributed by atoms with Gasteiger partial charge in [0.05, 0.1) is 0 Å².